The number of sulfonamides is 1. The van der Waals surface area contributed by atoms with Gasteiger partial charge in [0.1, 0.15) is 5.75 Å². The van der Waals surface area contributed by atoms with E-state index in [-0.39, 0.29) is 23.8 Å². The van der Waals surface area contributed by atoms with E-state index in [0.717, 1.165) is 5.56 Å². The number of ether oxygens (including phenoxy) is 1. The summed E-state index contributed by atoms with van der Waals surface area (Å²) in [6, 6.07) is 13.2. The minimum absolute atomic E-state index is 0.0159. The Morgan fingerprint density at radius 3 is 2.35 bits per heavy atom. The minimum atomic E-state index is -3.66. The Morgan fingerprint density at radius 1 is 1.08 bits per heavy atom. The SMILES string of the molecule is CCOc1ccc(S(=O)(=O)NCCC(=O)NCc2ccc(Cl)cc2)cc1. The first-order chi connectivity index (χ1) is 12.4. The van der Waals surface area contributed by atoms with E-state index in [1.165, 1.54) is 12.1 Å². The zero-order valence-electron chi connectivity index (χ0n) is 14.4. The van der Waals surface area contributed by atoms with Crippen LogP contribution in [0.25, 0.3) is 0 Å². The highest BCUT2D eigenvalue weighted by molar-refractivity contribution is 7.89. The van der Waals surface area contributed by atoms with Gasteiger partial charge in [0.15, 0.2) is 0 Å². The number of carbonyl (C=O) groups excluding carboxylic acids is 1. The van der Waals surface area contributed by atoms with Crippen LogP contribution in [-0.4, -0.2) is 27.5 Å². The number of amides is 1. The first-order valence-corrected chi connectivity index (χ1v) is 10.0. The van der Waals surface area contributed by atoms with Crippen molar-refractivity contribution in [2.24, 2.45) is 0 Å². The Bertz CT molecular complexity index is 821. The molecule has 0 radical (unpaired) electrons. The van der Waals surface area contributed by atoms with Gasteiger partial charge >= 0.3 is 0 Å². The fourth-order valence-electron chi connectivity index (χ4n) is 2.16. The Hall–Kier alpha value is -2.09. The molecule has 0 aliphatic rings. The van der Waals surface area contributed by atoms with Gasteiger partial charge in [0.25, 0.3) is 0 Å². The van der Waals surface area contributed by atoms with Gasteiger partial charge < -0.3 is 10.1 Å². The third-order valence-corrected chi connectivity index (χ3v) is 5.22. The fraction of sp³-hybridized carbons (Fsp3) is 0.278. The van der Waals surface area contributed by atoms with Crippen LogP contribution in [0.4, 0.5) is 0 Å². The Labute approximate surface area is 158 Å². The van der Waals surface area contributed by atoms with Crippen molar-refractivity contribution in [2.45, 2.75) is 24.8 Å². The molecule has 1 amide bonds. The van der Waals surface area contributed by atoms with Crippen molar-refractivity contribution in [1.82, 2.24) is 10.0 Å². The van der Waals surface area contributed by atoms with Crippen LogP contribution in [0.3, 0.4) is 0 Å². The van der Waals surface area contributed by atoms with Crippen molar-refractivity contribution >= 4 is 27.5 Å². The zero-order chi connectivity index (χ0) is 19.0. The standard InChI is InChI=1S/C18H21ClN2O4S/c1-2-25-16-7-9-17(10-8-16)26(23,24)21-12-11-18(22)20-13-14-3-5-15(19)6-4-14/h3-10,21H,2,11-13H2,1H3,(H,20,22). The molecule has 0 saturated carbocycles. The molecule has 0 aliphatic carbocycles. The molecule has 0 heterocycles. The predicted molar refractivity (Wildman–Crippen MR) is 101 cm³/mol. The topological polar surface area (TPSA) is 84.5 Å². The molecule has 2 rings (SSSR count). The average molecular weight is 397 g/mol. The van der Waals surface area contributed by atoms with Crippen LogP contribution in [-0.2, 0) is 21.4 Å². The van der Waals surface area contributed by atoms with Crippen LogP contribution in [0.2, 0.25) is 5.02 Å². The van der Waals surface area contributed by atoms with Gasteiger partial charge in [-0.3, -0.25) is 4.79 Å². The molecule has 0 aliphatic heterocycles. The van der Waals surface area contributed by atoms with E-state index in [4.69, 9.17) is 16.3 Å². The monoisotopic (exact) mass is 396 g/mol. The van der Waals surface area contributed by atoms with Gasteiger partial charge in [-0.2, -0.15) is 0 Å². The van der Waals surface area contributed by atoms with E-state index in [9.17, 15) is 13.2 Å². The average Bonchev–Trinajstić information content (AvgIpc) is 2.62. The molecule has 6 nitrogen and oxygen atoms in total. The highest BCUT2D eigenvalue weighted by Crippen LogP contribution is 2.15. The first-order valence-electron chi connectivity index (χ1n) is 8.14. The molecule has 8 heteroatoms. The predicted octanol–water partition coefficient (Wildman–Crippen LogP) is 2.72. The van der Waals surface area contributed by atoms with Gasteiger partial charge in [-0.25, -0.2) is 13.1 Å². The Balaban J connectivity index is 1.78. The molecule has 0 fully saturated rings. The van der Waals surface area contributed by atoms with Gasteiger partial charge in [0.05, 0.1) is 11.5 Å². The summed E-state index contributed by atoms with van der Waals surface area (Å²) in [5.74, 6) is 0.363. The van der Waals surface area contributed by atoms with Crippen molar-refractivity contribution in [3.8, 4) is 5.75 Å². The summed E-state index contributed by atoms with van der Waals surface area (Å²) >= 11 is 5.80. The lowest BCUT2D eigenvalue weighted by molar-refractivity contribution is -0.121. The molecule has 2 N–H and O–H groups in total. The molecule has 0 saturated heterocycles. The maximum Gasteiger partial charge on any atom is 0.240 e. The van der Waals surface area contributed by atoms with Gasteiger partial charge in [0, 0.05) is 24.5 Å². The molecule has 0 unspecified atom stereocenters. The van der Waals surface area contributed by atoms with E-state index in [1.54, 1.807) is 24.3 Å². The minimum Gasteiger partial charge on any atom is -0.494 e. The van der Waals surface area contributed by atoms with E-state index >= 15 is 0 Å². The van der Waals surface area contributed by atoms with Gasteiger partial charge in [-0.1, -0.05) is 23.7 Å². The van der Waals surface area contributed by atoms with Gasteiger partial charge in [-0.15, -0.1) is 0 Å². The maximum atomic E-state index is 12.2. The van der Waals surface area contributed by atoms with Crippen molar-refractivity contribution in [1.29, 1.82) is 0 Å². The molecular weight excluding hydrogens is 376 g/mol. The summed E-state index contributed by atoms with van der Waals surface area (Å²) in [6.45, 7) is 2.74. The van der Waals surface area contributed by atoms with Crippen molar-refractivity contribution in [2.75, 3.05) is 13.2 Å². The second-order valence-electron chi connectivity index (χ2n) is 5.46. The Morgan fingerprint density at radius 2 is 1.73 bits per heavy atom. The van der Waals surface area contributed by atoms with Crippen LogP contribution >= 0.6 is 11.6 Å². The molecule has 2 aromatic rings. The Kier molecular flexibility index (Phi) is 7.44. The van der Waals surface area contributed by atoms with Gasteiger partial charge in [-0.05, 0) is 48.9 Å². The normalized spacial score (nSPS) is 11.2. The molecule has 140 valence electrons. The summed E-state index contributed by atoms with van der Waals surface area (Å²) in [5, 5.41) is 3.36. The van der Waals surface area contributed by atoms with E-state index in [0.29, 0.717) is 23.9 Å². The second kappa shape index (κ2) is 9.56. The lowest BCUT2D eigenvalue weighted by Gasteiger charge is -2.09. The first kappa shape index (κ1) is 20.2. The van der Waals surface area contributed by atoms with Crippen molar-refractivity contribution < 1.29 is 17.9 Å². The number of halogens is 1. The summed E-state index contributed by atoms with van der Waals surface area (Å²) in [5.41, 5.74) is 0.915. The quantitative estimate of drug-likeness (QED) is 0.682. The number of hydrogen-bond acceptors (Lipinski definition) is 4. The lowest BCUT2D eigenvalue weighted by Crippen LogP contribution is -2.30. The number of carbonyl (C=O) groups is 1. The fourth-order valence-corrected chi connectivity index (χ4v) is 3.31. The summed E-state index contributed by atoms with van der Waals surface area (Å²) in [4.78, 5) is 12.0. The lowest BCUT2D eigenvalue weighted by atomic mass is 10.2. The summed E-state index contributed by atoms with van der Waals surface area (Å²) in [6.07, 6.45) is 0.0455. The molecular formula is C18H21ClN2O4S. The van der Waals surface area contributed by atoms with Crippen molar-refractivity contribution in [3.05, 3.63) is 59.1 Å². The summed E-state index contributed by atoms with van der Waals surface area (Å²) < 4.78 is 32.1. The van der Waals surface area contributed by atoms with Crippen LogP contribution in [0.15, 0.2) is 53.4 Å². The molecule has 0 spiro atoms. The molecule has 0 aromatic heterocycles. The van der Waals surface area contributed by atoms with Crippen molar-refractivity contribution in [3.63, 3.8) is 0 Å². The summed E-state index contributed by atoms with van der Waals surface area (Å²) in [7, 11) is -3.66. The smallest absolute Gasteiger partial charge is 0.240 e. The second-order valence-corrected chi connectivity index (χ2v) is 7.66. The molecule has 0 bridgehead atoms. The maximum absolute atomic E-state index is 12.2. The molecule has 26 heavy (non-hydrogen) atoms. The largest absolute Gasteiger partial charge is 0.494 e. The van der Waals surface area contributed by atoms with Crippen LogP contribution < -0.4 is 14.8 Å². The van der Waals surface area contributed by atoms with Gasteiger partial charge in [0.2, 0.25) is 15.9 Å². The highest BCUT2D eigenvalue weighted by Gasteiger charge is 2.14. The number of rotatable bonds is 9. The van der Waals surface area contributed by atoms with E-state index in [1.807, 2.05) is 19.1 Å². The van der Waals surface area contributed by atoms with Crippen LogP contribution in [0.1, 0.15) is 18.9 Å². The van der Waals surface area contributed by atoms with Crippen LogP contribution in [0.5, 0.6) is 5.75 Å². The van der Waals surface area contributed by atoms with Crippen LogP contribution in [0, 0.1) is 0 Å². The third kappa shape index (κ3) is 6.33. The molecule has 2 aromatic carbocycles. The highest BCUT2D eigenvalue weighted by atomic mass is 35.5. The van der Waals surface area contributed by atoms with E-state index in [2.05, 4.69) is 10.0 Å². The number of benzene rings is 2. The van der Waals surface area contributed by atoms with E-state index < -0.39 is 10.0 Å². The zero-order valence-corrected chi connectivity index (χ0v) is 15.9. The molecule has 0 atom stereocenters. The number of hydrogen-bond donors (Lipinski definition) is 2. The third-order valence-electron chi connectivity index (χ3n) is 3.49. The number of nitrogens with one attached hydrogen (secondary N) is 2.